The SMILES string of the molecule is Oc1ccccc1CNc1cc(Cl)nc(C2CC2)n1. The van der Waals surface area contributed by atoms with Crippen LogP contribution in [0.4, 0.5) is 5.82 Å². The number of hydrogen-bond acceptors (Lipinski definition) is 4. The van der Waals surface area contributed by atoms with Gasteiger partial charge in [0.25, 0.3) is 0 Å². The fraction of sp³-hybridized carbons (Fsp3) is 0.286. The number of halogens is 1. The van der Waals surface area contributed by atoms with Gasteiger partial charge in [0.05, 0.1) is 0 Å². The van der Waals surface area contributed by atoms with Crippen molar-refractivity contribution < 1.29 is 5.11 Å². The highest BCUT2D eigenvalue weighted by Gasteiger charge is 2.27. The number of aromatic nitrogens is 2. The van der Waals surface area contributed by atoms with Crippen LogP contribution < -0.4 is 5.32 Å². The van der Waals surface area contributed by atoms with Crippen LogP contribution in [0.3, 0.4) is 0 Å². The predicted molar refractivity (Wildman–Crippen MR) is 74.5 cm³/mol. The van der Waals surface area contributed by atoms with Gasteiger partial charge in [0.1, 0.15) is 22.5 Å². The molecule has 0 atom stereocenters. The van der Waals surface area contributed by atoms with Crippen LogP contribution in [-0.2, 0) is 6.54 Å². The van der Waals surface area contributed by atoms with Gasteiger partial charge in [0.2, 0.25) is 0 Å². The van der Waals surface area contributed by atoms with E-state index in [4.69, 9.17) is 11.6 Å². The summed E-state index contributed by atoms with van der Waals surface area (Å²) < 4.78 is 0. The fourth-order valence-corrected chi connectivity index (χ4v) is 2.09. The second-order valence-electron chi connectivity index (χ2n) is 4.69. The van der Waals surface area contributed by atoms with Gasteiger partial charge in [-0.2, -0.15) is 0 Å². The van der Waals surface area contributed by atoms with E-state index in [1.807, 2.05) is 12.1 Å². The third-order valence-corrected chi connectivity index (χ3v) is 3.30. The summed E-state index contributed by atoms with van der Waals surface area (Å²) in [6.07, 6.45) is 2.28. The lowest BCUT2D eigenvalue weighted by atomic mass is 10.2. The van der Waals surface area contributed by atoms with Crippen LogP contribution in [0.2, 0.25) is 5.15 Å². The Kier molecular flexibility index (Phi) is 3.25. The van der Waals surface area contributed by atoms with Crippen molar-refractivity contribution in [2.24, 2.45) is 0 Å². The highest BCUT2D eigenvalue weighted by Crippen LogP contribution is 2.38. The van der Waals surface area contributed by atoms with Crippen molar-refractivity contribution in [3.63, 3.8) is 0 Å². The number of nitrogens with one attached hydrogen (secondary N) is 1. The van der Waals surface area contributed by atoms with E-state index >= 15 is 0 Å². The molecule has 1 fully saturated rings. The number of nitrogens with zero attached hydrogens (tertiary/aromatic N) is 2. The first-order chi connectivity index (χ1) is 9.22. The molecule has 0 bridgehead atoms. The minimum absolute atomic E-state index is 0.276. The number of rotatable bonds is 4. The minimum Gasteiger partial charge on any atom is -0.508 e. The molecule has 3 rings (SSSR count). The summed E-state index contributed by atoms with van der Waals surface area (Å²) in [7, 11) is 0. The molecule has 0 spiro atoms. The number of aromatic hydroxyl groups is 1. The molecule has 0 unspecified atom stereocenters. The maximum absolute atomic E-state index is 9.70. The van der Waals surface area contributed by atoms with Crippen LogP contribution in [0.25, 0.3) is 0 Å². The predicted octanol–water partition coefficient (Wildman–Crippen LogP) is 3.33. The molecule has 4 nitrogen and oxygen atoms in total. The van der Waals surface area contributed by atoms with E-state index in [1.54, 1.807) is 18.2 Å². The van der Waals surface area contributed by atoms with Crippen LogP contribution in [0, 0.1) is 0 Å². The van der Waals surface area contributed by atoms with Crippen LogP contribution >= 0.6 is 11.6 Å². The Labute approximate surface area is 116 Å². The Morgan fingerprint density at radius 3 is 2.79 bits per heavy atom. The van der Waals surface area contributed by atoms with E-state index < -0.39 is 0 Å². The first-order valence-electron chi connectivity index (χ1n) is 6.27. The second-order valence-corrected chi connectivity index (χ2v) is 5.08. The summed E-state index contributed by atoms with van der Waals surface area (Å²) in [5, 5.41) is 13.3. The van der Waals surface area contributed by atoms with Crippen molar-refractivity contribution in [3.05, 3.63) is 46.9 Å². The largest absolute Gasteiger partial charge is 0.508 e. The van der Waals surface area contributed by atoms with Gasteiger partial charge in [0, 0.05) is 24.1 Å². The summed E-state index contributed by atoms with van der Waals surface area (Å²) in [4.78, 5) is 8.69. The van der Waals surface area contributed by atoms with Crippen LogP contribution in [0.1, 0.15) is 30.1 Å². The molecule has 0 amide bonds. The molecular formula is C14H14ClN3O. The molecule has 0 saturated heterocycles. The lowest BCUT2D eigenvalue weighted by Crippen LogP contribution is -2.04. The molecule has 0 radical (unpaired) electrons. The molecule has 1 aromatic carbocycles. The maximum Gasteiger partial charge on any atom is 0.135 e. The lowest BCUT2D eigenvalue weighted by Gasteiger charge is -2.08. The summed E-state index contributed by atoms with van der Waals surface area (Å²) in [6.45, 7) is 0.504. The smallest absolute Gasteiger partial charge is 0.135 e. The zero-order chi connectivity index (χ0) is 13.2. The Morgan fingerprint density at radius 2 is 2.05 bits per heavy atom. The van der Waals surface area contributed by atoms with Crippen LogP contribution in [0.15, 0.2) is 30.3 Å². The van der Waals surface area contributed by atoms with Gasteiger partial charge in [-0.15, -0.1) is 0 Å². The summed E-state index contributed by atoms with van der Waals surface area (Å²) >= 11 is 5.99. The number of benzene rings is 1. The zero-order valence-electron chi connectivity index (χ0n) is 10.3. The van der Waals surface area contributed by atoms with E-state index in [0.29, 0.717) is 23.4 Å². The van der Waals surface area contributed by atoms with Gasteiger partial charge in [-0.05, 0) is 18.9 Å². The quantitative estimate of drug-likeness (QED) is 0.841. The Morgan fingerprint density at radius 1 is 1.26 bits per heavy atom. The molecule has 0 aliphatic heterocycles. The molecule has 2 aromatic rings. The topological polar surface area (TPSA) is 58.0 Å². The summed E-state index contributed by atoms with van der Waals surface area (Å²) in [6, 6.07) is 8.92. The molecule has 98 valence electrons. The van der Waals surface area contributed by atoms with E-state index in [2.05, 4.69) is 15.3 Å². The van der Waals surface area contributed by atoms with Crippen molar-refractivity contribution in [2.45, 2.75) is 25.3 Å². The van der Waals surface area contributed by atoms with E-state index in [0.717, 1.165) is 24.2 Å². The number of anilines is 1. The molecule has 1 saturated carbocycles. The third kappa shape index (κ3) is 2.96. The Bertz CT molecular complexity index is 599. The first-order valence-corrected chi connectivity index (χ1v) is 6.65. The first kappa shape index (κ1) is 12.2. The molecular weight excluding hydrogens is 262 g/mol. The van der Waals surface area contributed by atoms with E-state index in [-0.39, 0.29) is 5.75 Å². The van der Waals surface area contributed by atoms with Gasteiger partial charge in [-0.1, -0.05) is 29.8 Å². The molecule has 1 heterocycles. The lowest BCUT2D eigenvalue weighted by molar-refractivity contribution is 0.469. The van der Waals surface area contributed by atoms with Gasteiger partial charge >= 0.3 is 0 Å². The van der Waals surface area contributed by atoms with Crippen LogP contribution in [0.5, 0.6) is 5.75 Å². The van der Waals surface area contributed by atoms with Crippen molar-refractivity contribution in [3.8, 4) is 5.75 Å². The summed E-state index contributed by atoms with van der Waals surface area (Å²) in [5.74, 6) is 2.25. The number of phenolic OH excluding ortho intramolecular Hbond substituents is 1. The Hall–Kier alpha value is -1.81. The minimum atomic E-state index is 0.276. The average molecular weight is 276 g/mol. The number of para-hydroxylation sites is 1. The number of hydrogen-bond donors (Lipinski definition) is 2. The molecule has 19 heavy (non-hydrogen) atoms. The highest BCUT2D eigenvalue weighted by molar-refractivity contribution is 6.29. The fourth-order valence-electron chi connectivity index (χ4n) is 1.90. The van der Waals surface area contributed by atoms with Gasteiger partial charge in [0.15, 0.2) is 0 Å². The number of phenols is 1. The maximum atomic E-state index is 9.70. The highest BCUT2D eigenvalue weighted by atomic mass is 35.5. The van der Waals surface area contributed by atoms with Crippen molar-refractivity contribution >= 4 is 17.4 Å². The van der Waals surface area contributed by atoms with Crippen molar-refractivity contribution in [2.75, 3.05) is 5.32 Å². The Balaban J connectivity index is 1.74. The molecule has 2 N–H and O–H groups in total. The molecule has 5 heteroatoms. The van der Waals surface area contributed by atoms with Crippen LogP contribution in [-0.4, -0.2) is 15.1 Å². The molecule has 1 aliphatic rings. The normalized spacial score (nSPS) is 14.4. The summed E-state index contributed by atoms with van der Waals surface area (Å²) in [5.41, 5.74) is 0.824. The van der Waals surface area contributed by atoms with Gasteiger partial charge < -0.3 is 10.4 Å². The van der Waals surface area contributed by atoms with Crippen molar-refractivity contribution in [1.82, 2.24) is 9.97 Å². The van der Waals surface area contributed by atoms with E-state index in [9.17, 15) is 5.11 Å². The van der Waals surface area contributed by atoms with E-state index in [1.165, 1.54) is 0 Å². The van der Waals surface area contributed by atoms with Gasteiger partial charge in [-0.25, -0.2) is 9.97 Å². The third-order valence-electron chi connectivity index (χ3n) is 3.11. The second kappa shape index (κ2) is 5.05. The van der Waals surface area contributed by atoms with Crippen molar-refractivity contribution in [1.29, 1.82) is 0 Å². The standard InChI is InChI=1S/C14H14ClN3O/c15-12-7-13(18-14(17-12)9-5-6-9)16-8-10-3-1-2-4-11(10)19/h1-4,7,9,19H,5-6,8H2,(H,16,17,18). The van der Waals surface area contributed by atoms with Gasteiger partial charge in [-0.3, -0.25) is 0 Å². The molecule has 1 aliphatic carbocycles. The molecule has 1 aromatic heterocycles. The zero-order valence-corrected chi connectivity index (χ0v) is 11.1. The average Bonchev–Trinajstić information content (AvgIpc) is 3.21. The monoisotopic (exact) mass is 275 g/mol.